The number of hydrogen-bond donors (Lipinski definition) is 1. The maximum atomic E-state index is 12.9. The monoisotopic (exact) mass is 350 g/mol. The van der Waals surface area contributed by atoms with Gasteiger partial charge >= 0.3 is 0 Å². The van der Waals surface area contributed by atoms with Crippen LogP contribution in [0.15, 0.2) is 24.3 Å². The quantitative estimate of drug-likeness (QED) is 0.871. The molecule has 0 radical (unpaired) electrons. The molecule has 2 atom stereocenters. The fourth-order valence-electron chi connectivity index (χ4n) is 3.00. The first-order chi connectivity index (χ1) is 11.5. The van der Waals surface area contributed by atoms with Crippen LogP contribution in [0.2, 0.25) is 0 Å². The molecule has 1 aromatic carbocycles. The third-order valence-corrected chi connectivity index (χ3v) is 5.43. The van der Waals surface area contributed by atoms with E-state index in [0.29, 0.717) is 25.9 Å². The van der Waals surface area contributed by atoms with Gasteiger partial charge in [-0.2, -0.15) is 0 Å². The van der Waals surface area contributed by atoms with Crippen molar-refractivity contribution < 1.29 is 18.8 Å². The van der Waals surface area contributed by atoms with Crippen molar-refractivity contribution in [1.29, 1.82) is 0 Å². The summed E-state index contributed by atoms with van der Waals surface area (Å²) in [5.74, 6) is -0.216. The van der Waals surface area contributed by atoms with E-state index in [1.807, 2.05) is 0 Å². The second-order valence-corrected chi connectivity index (χ2v) is 7.23. The first kappa shape index (κ1) is 17.0. The van der Waals surface area contributed by atoms with Crippen LogP contribution in [-0.4, -0.2) is 46.7 Å². The number of benzene rings is 1. The first-order valence-electron chi connectivity index (χ1n) is 8.02. The first-order valence-corrected chi connectivity index (χ1v) is 9.01. The summed E-state index contributed by atoms with van der Waals surface area (Å²) in [6.07, 6.45) is 1.46. The molecule has 2 aliphatic heterocycles. The van der Waals surface area contributed by atoms with Gasteiger partial charge in [0.15, 0.2) is 0 Å². The zero-order valence-corrected chi connectivity index (χ0v) is 14.0. The highest BCUT2D eigenvalue weighted by atomic mass is 32.2. The van der Waals surface area contributed by atoms with Gasteiger partial charge in [0, 0.05) is 25.3 Å². The van der Waals surface area contributed by atoms with Gasteiger partial charge in [-0.25, -0.2) is 4.39 Å². The Balaban J connectivity index is 1.50. The van der Waals surface area contributed by atoms with Gasteiger partial charge in [0.25, 0.3) is 0 Å². The highest BCUT2D eigenvalue weighted by molar-refractivity contribution is 8.14. The van der Waals surface area contributed by atoms with Crippen LogP contribution in [0.5, 0.6) is 0 Å². The minimum atomic E-state index is -0.411. The highest BCUT2D eigenvalue weighted by Crippen LogP contribution is 2.22. The molecule has 2 aliphatic rings. The van der Waals surface area contributed by atoms with Gasteiger partial charge in [-0.05, 0) is 30.5 Å². The number of carbonyl (C=O) groups excluding carboxylic acids is 3. The number of halogens is 1. The Morgan fingerprint density at radius 2 is 2.04 bits per heavy atom. The second-order valence-electron chi connectivity index (χ2n) is 6.13. The van der Waals surface area contributed by atoms with Gasteiger partial charge in [0.05, 0.1) is 12.0 Å². The zero-order valence-electron chi connectivity index (χ0n) is 13.2. The molecule has 0 bridgehead atoms. The summed E-state index contributed by atoms with van der Waals surface area (Å²) in [4.78, 5) is 37.6. The predicted molar refractivity (Wildman–Crippen MR) is 88.8 cm³/mol. The predicted octanol–water partition coefficient (Wildman–Crippen LogP) is 1.36. The number of nitrogens with one attached hydrogen (secondary N) is 1. The van der Waals surface area contributed by atoms with Gasteiger partial charge in [-0.1, -0.05) is 23.9 Å². The SMILES string of the molecule is O=C(N[C@H]1CCSC1=O)[C@@H]1CC(=O)N(CCc2ccc(F)cc2)C1. The molecule has 0 unspecified atom stereocenters. The van der Waals surface area contributed by atoms with E-state index < -0.39 is 12.0 Å². The molecule has 24 heavy (non-hydrogen) atoms. The Hall–Kier alpha value is -1.89. The van der Waals surface area contributed by atoms with Crippen molar-refractivity contribution in [3.8, 4) is 0 Å². The molecule has 2 saturated heterocycles. The van der Waals surface area contributed by atoms with E-state index >= 15 is 0 Å². The van der Waals surface area contributed by atoms with Crippen LogP contribution in [0.4, 0.5) is 4.39 Å². The number of likely N-dealkylation sites (tertiary alicyclic amines) is 1. The van der Waals surface area contributed by atoms with Gasteiger partial charge in [0.1, 0.15) is 5.82 Å². The molecule has 5 nitrogen and oxygen atoms in total. The number of nitrogens with zero attached hydrogens (tertiary/aromatic N) is 1. The zero-order chi connectivity index (χ0) is 17.1. The smallest absolute Gasteiger partial charge is 0.226 e. The van der Waals surface area contributed by atoms with E-state index in [2.05, 4.69) is 5.32 Å². The highest BCUT2D eigenvalue weighted by Gasteiger charge is 2.36. The van der Waals surface area contributed by atoms with Crippen LogP contribution in [0.25, 0.3) is 0 Å². The van der Waals surface area contributed by atoms with Crippen molar-refractivity contribution in [3.63, 3.8) is 0 Å². The largest absolute Gasteiger partial charge is 0.345 e. The summed E-state index contributed by atoms with van der Waals surface area (Å²) >= 11 is 1.24. The molecule has 0 aromatic heterocycles. The topological polar surface area (TPSA) is 66.5 Å². The summed E-state index contributed by atoms with van der Waals surface area (Å²) in [6.45, 7) is 0.881. The van der Waals surface area contributed by atoms with Crippen molar-refractivity contribution in [3.05, 3.63) is 35.6 Å². The fraction of sp³-hybridized carbons (Fsp3) is 0.471. The molecule has 0 saturated carbocycles. The van der Waals surface area contributed by atoms with Gasteiger partial charge < -0.3 is 10.2 Å². The maximum absolute atomic E-state index is 12.9. The lowest BCUT2D eigenvalue weighted by atomic mass is 10.1. The molecule has 1 aromatic rings. The number of hydrogen-bond acceptors (Lipinski definition) is 4. The van der Waals surface area contributed by atoms with E-state index in [9.17, 15) is 18.8 Å². The number of thioether (sulfide) groups is 1. The summed E-state index contributed by atoms with van der Waals surface area (Å²) in [6, 6.07) is 5.78. The van der Waals surface area contributed by atoms with Crippen LogP contribution in [0, 0.1) is 11.7 Å². The molecular weight excluding hydrogens is 331 g/mol. The third kappa shape index (κ3) is 3.95. The Kier molecular flexibility index (Phi) is 5.18. The number of rotatable bonds is 5. The van der Waals surface area contributed by atoms with Crippen molar-refractivity contribution >= 4 is 28.7 Å². The number of carbonyl (C=O) groups is 3. The molecule has 3 rings (SSSR count). The summed E-state index contributed by atoms with van der Waals surface area (Å²) < 4.78 is 12.9. The van der Waals surface area contributed by atoms with Crippen LogP contribution >= 0.6 is 11.8 Å². The molecule has 128 valence electrons. The molecule has 0 spiro atoms. The molecule has 2 heterocycles. The van der Waals surface area contributed by atoms with Crippen molar-refractivity contribution in [2.24, 2.45) is 5.92 Å². The van der Waals surface area contributed by atoms with Crippen LogP contribution in [0.1, 0.15) is 18.4 Å². The summed E-state index contributed by atoms with van der Waals surface area (Å²) in [5.41, 5.74) is 0.950. The summed E-state index contributed by atoms with van der Waals surface area (Å²) in [7, 11) is 0. The van der Waals surface area contributed by atoms with Crippen LogP contribution in [0.3, 0.4) is 0 Å². The normalized spacial score (nSPS) is 23.8. The van der Waals surface area contributed by atoms with Gasteiger partial charge in [0.2, 0.25) is 16.9 Å². The Morgan fingerprint density at radius 1 is 1.29 bits per heavy atom. The minimum Gasteiger partial charge on any atom is -0.345 e. The van der Waals surface area contributed by atoms with Gasteiger partial charge in [-0.15, -0.1) is 0 Å². The molecule has 0 aliphatic carbocycles. The second kappa shape index (κ2) is 7.34. The minimum absolute atomic E-state index is 0.000777. The van der Waals surface area contributed by atoms with E-state index in [4.69, 9.17) is 0 Å². The Morgan fingerprint density at radius 3 is 2.71 bits per heavy atom. The van der Waals surface area contributed by atoms with E-state index in [-0.39, 0.29) is 29.2 Å². The molecular formula is C17H19FN2O3S. The van der Waals surface area contributed by atoms with Gasteiger partial charge in [-0.3, -0.25) is 14.4 Å². The molecule has 2 amide bonds. The fourth-order valence-corrected chi connectivity index (χ4v) is 3.93. The lowest BCUT2D eigenvalue weighted by Gasteiger charge is -2.17. The van der Waals surface area contributed by atoms with Crippen molar-refractivity contribution in [1.82, 2.24) is 10.2 Å². The van der Waals surface area contributed by atoms with E-state index in [1.54, 1.807) is 17.0 Å². The van der Waals surface area contributed by atoms with E-state index in [0.717, 1.165) is 11.3 Å². The van der Waals surface area contributed by atoms with Crippen LogP contribution < -0.4 is 5.32 Å². The average molecular weight is 350 g/mol. The van der Waals surface area contributed by atoms with Crippen LogP contribution in [-0.2, 0) is 20.8 Å². The lowest BCUT2D eigenvalue weighted by molar-refractivity contribution is -0.129. The lowest BCUT2D eigenvalue weighted by Crippen LogP contribution is -2.41. The van der Waals surface area contributed by atoms with Crippen molar-refractivity contribution in [2.75, 3.05) is 18.8 Å². The molecule has 7 heteroatoms. The summed E-state index contributed by atoms with van der Waals surface area (Å²) in [5, 5.41) is 2.76. The third-order valence-electron chi connectivity index (χ3n) is 4.42. The maximum Gasteiger partial charge on any atom is 0.226 e. The Bertz CT molecular complexity index is 650. The van der Waals surface area contributed by atoms with Crippen molar-refractivity contribution in [2.45, 2.75) is 25.3 Å². The molecule has 2 fully saturated rings. The Labute approximate surface area is 144 Å². The number of amides is 2. The standard InChI is InChI=1S/C17H19FN2O3S/c18-13-3-1-11(2-4-13)5-7-20-10-12(9-15(20)21)16(22)19-14-6-8-24-17(14)23/h1-4,12,14H,5-10H2,(H,19,22)/t12-,14+/m1/s1. The molecule has 1 N–H and O–H groups in total. The average Bonchev–Trinajstić information content (AvgIpc) is 3.13. The van der Waals surface area contributed by atoms with E-state index in [1.165, 1.54) is 23.9 Å².